The van der Waals surface area contributed by atoms with Gasteiger partial charge in [0, 0.05) is 6.26 Å². The molecule has 0 aliphatic rings. The van der Waals surface area contributed by atoms with Crippen LogP contribution in [0.15, 0.2) is 5.03 Å². The van der Waals surface area contributed by atoms with Crippen molar-refractivity contribution >= 4 is 67.3 Å². The molecule has 0 fully saturated rings. The highest BCUT2D eigenvalue weighted by Gasteiger charge is 2.24. The van der Waals surface area contributed by atoms with Gasteiger partial charge in [-0.05, 0) is 5.92 Å². The van der Waals surface area contributed by atoms with E-state index >= 15 is 0 Å². The second-order valence-electron chi connectivity index (χ2n) is 4.79. The molecule has 4 nitrogen and oxygen atoms in total. The smallest absolute Gasteiger partial charge is 0.194 e. The van der Waals surface area contributed by atoms with Crippen molar-refractivity contribution in [3.05, 3.63) is 25.8 Å². The summed E-state index contributed by atoms with van der Waals surface area (Å²) in [6.07, 6.45) is 1.06. The van der Waals surface area contributed by atoms with Crippen molar-refractivity contribution in [3.8, 4) is 0 Å². The van der Waals surface area contributed by atoms with Crippen LogP contribution in [0.1, 0.15) is 25.5 Å². The van der Waals surface area contributed by atoms with Crippen LogP contribution in [0.25, 0.3) is 11.0 Å². The molecule has 2 aromatic rings. The van der Waals surface area contributed by atoms with Gasteiger partial charge in [0.2, 0.25) is 0 Å². The molecule has 114 valence electrons. The molecule has 1 heterocycles. The quantitative estimate of drug-likeness (QED) is 0.550. The minimum atomic E-state index is -3.57. The maximum absolute atomic E-state index is 11.9. The lowest BCUT2D eigenvalue weighted by Crippen LogP contribution is -2.10. The van der Waals surface area contributed by atoms with Crippen molar-refractivity contribution in [2.24, 2.45) is 0 Å². The zero-order chi connectivity index (χ0) is 16.1. The summed E-state index contributed by atoms with van der Waals surface area (Å²) in [7, 11) is -3.57. The number of halogens is 4. The fourth-order valence-corrected chi connectivity index (χ4v) is 3.62. The van der Waals surface area contributed by atoms with Crippen molar-refractivity contribution in [2.45, 2.75) is 24.8 Å². The highest BCUT2D eigenvalue weighted by Crippen LogP contribution is 2.42. The third-order valence-electron chi connectivity index (χ3n) is 2.78. The van der Waals surface area contributed by atoms with Crippen LogP contribution in [-0.4, -0.2) is 24.6 Å². The third-order valence-corrected chi connectivity index (χ3v) is 5.57. The van der Waals surface area contributed by atoms with E-state index < -0.39 is 9.84 Å². The lowest BCUT2D eigenvalue weighted by atomic mass is 10.1. The van der Waals surface area contributed by atoms with Crippen LogP contribution in [0, 0.1) is 0 Å². The van der Waals surface area contributed by atoms with Crippen molar-refractivity contribution in [1.82, 2.24) is 9.97 Å². The molecule has 21 heavy (non-hydrogen) atoms. The molecule has 9 heteroatoms. The number of benzene rings is 1. The van der Waals surface area contributed by atoms with Crippen molar-refractivity contribution in [3.63, 3.8) is 0 Å². The first kappa shape index (κ1) is 17.0. The van der Waals surface area contributed by atoms with Gasteiger partial charge in [-0.3, -0.25) is 0 Å². The van der Waals surface area contributed by atoms with Gasteiger partial charge in [-0.15, -0.1) is 0 Å². The maximum atomic E-state index is 11.9. The summed E-state index contributed by atoms with van der Waals surface area (Å²) in [5.74, 6) is -0.170. The van der Waals surface area contributed by atoms with Crippen molar-refractivity contribution in [1.29, 1.82) is 0 Å². The number of hydrogen-bond acceptors (Lipinski definition) is 4. The van der Waals surface area contributed by atoms with E-state index in [0.29, 0.717) is 5.69 Å². The van der Waals surface area contributed by atoms with Crippen LogP contribution >= 0.6 is 46.4 Å². The maximum Gasteiger partial charge on any atom is 0.194 e. The first-order valence-electron chi connectivity index (χ1n) is 5.79. The summed E-state index contributed by atoms with van der Waals surface area (Å²) in [6, 6.07) is 0. The molecule has 0 spiro atoms. The Morgan fingerprint density at radius 2 is 1.29 bits per heavy atom. The fourth-order valence-electron chi connectivity index (χ4n) is 1.79. The van der Waals surface area contributed by atoms with E-state index in [-0.39, 0.29) is 42.1 Å². The number of rotatable bonds is 2. The molecule has 0 saturated heterocycles. The molecule has 0 bridgehead atoms. The van der Waals surface area contributed by atoms with Gasteiger partial charge in [-0.25, -0.2) is 18.4 Å². The predicted octanol–water partition coefficient (Wildman–Crippen LogP) is 4.77. The average molecular weight is 388 g/mol. The summed E-state index contributed by atoms with van der Waals surface area (Å²) in [4.78, 5) is 8.42. The van der Waals surface area contributed by atoms with Gasteiger partial charge in [0.25, 0.3) is 0 Å². The number of sulfone groups is 1. The van der Waals surface area contributed by atoms with E-state index in [4.69, 9.17) is 46.4 Å². The lowest BCUT2D eigenvalue weighted by molar-refractivity contribution is 0.594. The Morgan fingerprint density at radius 3 is 1.67 bits per heavy atom. The normalized spacial score (nSPS) is 12.4. The van der Waals surface area contributed by atoms with Gasteiger partial charge in [0.1, 0.15) is 11.0 Å². The van der Waals surface area contributed by atoms with Gasteiger partial charge < -0.3 is 0 Å². The van der Waals surface area contributed by atoms with E-state index in [9.17, 15) is 8.42 Å². The van der Waals surface area contributed by atoms with Crippen molar-refractivity contribution < 1.29 is 8.42 Å². The van der Waals surface area contributed by atoms with Gasteiger partial charge in [-0.2, -0.15) is 0 Å². The second kappa shape index (κ2) is 5.70. The molecule has 0 amide bonds. The Bertz CT molecular complexity index is 850. The van der Waals surface area contributed by atoms with Gasteiger partial charge >= 0.3 is 0 Å². The molecule has 0 saturated carbocycles. The van der Waals surface area contributed by atoms with Crippen LogP contribution in [0.5, 0.6) is 0 Å². The summed E-state index contributed by atoms with van der Waals surface area (Å²) in [5, 5.41) is 0.0551. The number of nitrogens with zero attached hydrogens (tertiary/aromatic N) is 2. The van der Waals surface area contributed by atoms with E-state index in [0.717, 1.165) is 6.26 Å². The highest BCUT2D eigenvalue weighted by atomic mass is 35.5. The van der Waals surface area contributed by atoms with Gasteiger partial charge in [0.15, 0.2) is 14.9 Å². The van der Waals surface area contributed by atoms with Crippen LogP contribution in [-0.2, 0) is 9.84 Å². The first-order valence-corrected chi connectivity index (χ1v) is 9.19. The molecular formula is C12H10Cl4N2O2S. The SMILES string of the molecule is CC(C)c1nc2c(Cl)c(Cl)c(Cl)c(Cl)c2nc1S(C)(=O)=O. The Morgan fingerprint density at radius 1 is 0.857 bits per heavy atom. The fraction of sp³-hybridized carbons (Fsp3) is 0.333. The Labute approximate surface area is 142 Å². The summed E-state index contributed by atoms with van der Waals surface area (Å²) in [5.41, 5.74) is 0.648. The molecular weight excluding hydrogens is 378 g/mol. The van der Waals surface area contributed by atoms with E-state index in [1.807, 2.05) is 0 Å². The summed E-state index contributed by atoms with van der Waals surface area (Å²) in [6.45, 7) is 3.61. The Kier molecular flexibility index (Phi) is 4.63. The van der Waals surface area contributed by atoms with E-state index in [1.54, 1.807) is 13.8 Å². The van der Waals surface area contributed by atoms with Crippen LogP contribution < -0.4 is 0 Å². The van der Waals surface area contributed by atoms with E-state index in [1.165, 1.54) is 0 Å². The zero-order valence-corrected chi connectivity index (χ0v) is 15.0. The standard InChI is InChI=1S/C12H10Cl4N2O2S/c1-4(2)9-12(21(3,19)20)18-11-8(16)6(14)5(13)7(15)10(11)17-9/h4H,1-3H3. The summed E-state index contributed by atoms with van der Waals surface area (Å²) >= 11 is 24.2. The lowest BCUT2D eigenvalue weighted by Gasteiger charge is -2.13. The molecule has 0 N–H and O–H groups in total. The van der Waals surface area contributed by atoms with E-state index in [2.05, 4.69) is 9.97 Å². The minimum absolute atomic E-state index is 0.0156. The minimum Gasteiger partial charge on any atom is -0.246 e. The third kappa shape index (κ3) is 2.94. The first-order chi connectivity index (χ1) is 9.55. The van der Waals surface area contributed by atoms with Crippen LogP contribution in [0.4, 0.5) is 0 Å². The van der Waals surface area contributed by atoms with Gasteiger partial charge in [0.05, 0.1) is 25.8 Å². The molecule has 2 rings (SSSR count). The summed E-state index contributed by atoms with van der Waals surface area (Å²) < 4.78 is 23.8. The Balaban J connectivity index is 3.06. The topological polar surface area (TPSA) is 59.9 Å². The largest absolute Gasteiger partial charge is 0.246 e. The monoisotopic (exact) mass is 386 g/mol. The number of aromatic nitrogens is 2. The Hall–Kier alpha value is -0.330. The van der Waals surface area contributed by atoms with Crippen LogP contribution in [0.2, 0.25) is 20.1 Å². The molecule has 1 aromatic carbocycles. The highest BCUT2D eigenvalue weighted by molar-refractivity contribution is 7.90. The average Bonchev–Trinajstić information content (AvgIpc) is 2.40. The van der Waals surface area contributed by atoms with Crippen molar-refractivity contribution in [2.75, 3.05) is 6.26 Å². The van der Waals surface area contributed by atoms with Gasteiger partial charge in [-0.1, -0.05) is 60.3 Å². The predicted molar refractivity (Wildman–Crippen MR) is 86.8 cm³/mol. The second-order valence-corrected chi connectivity index (χ2v) is 8.24. The molecule has 0 radical (unpaired) electrons. The molecule has 0 aliphatic carbocycles. The zero-order valence-electron chi connectivity index (χ0n) is 11.2. The molecule has 0 unspecified atom stereocenters. The number of hydrogen-bond donors (Lipinski definition) is 0. The molecule has 1 aromatic heterocycles. The molecule has 0 atom stereocenters. The number of fused-ring (bicyclic) bond motifs is 1. The molecule has 0 aliphatic heterocycles. The van der Waals surface area contributed by atoms with Crippen LogP contribution in [0.3, 0.4) is 0 Å².